The fourth-order valence-electron chi connectivity index (χ4n) is 3.44. The van der Waals surface area contributed by atoms with Gasteiger partial charge in [0.15, 0.2) is 0 Å². The standard InChI is InChI=1S/C16H27N3O/c1-11(12-6-8-20-10-12)19-14-5-7-17-9-13(14)18-15(19)16(2,3)4/h11-12,17H,5-10H2,1-4H3. The third-order valence-corrected chi connectivity index (χ3v) is 4.65. The van der Waals surface area contributed by atoms with Crippen LogP contribution in [0.25, 0.3) is 0 Å². The molecule has 0 saturated carbocycles. The van der Waals surface area contributed by atoms with E-state index in [1.807, 2.05) is 0 Å². The molecular formula is C16H27N3O. The van der Waals surface area contributed by atoms with Crippen LogP contribution in [-0.2, 0) is 23.1 Å². The molecule has 2 atom stereocenters. The first-order valence-corrected chi connectivity index (χ1v) is 7.87. The first-order chi connectivity index (χ1) is 9.48. The Kier molecular flexibility index (Phi) is 3.63. The maximum Gasteiger partial charge on any atom is 0.114 e. The van der Waals surface area contributed by atoms with Gasteiger partial charge in [0.25, 0.3) is 0 Å². The van der Waals surface area contributed by atoms with Crippen LogP contribution in [0.5, 0.6) is 0 Å². The molecule has 0 aliphatic carbocycles. The van der Waals surface area contributed by atoms with Crippen molar-refractivity contribution in [3.05, 3.63) is 17.2 Å². The second kappa shape index (κ2) is 5.15. The number of hydrogen-bond donors (Lipinski definition) is 1. The van der Waals surface area contributed by atoms with Gasteiger partial charge in [0.05, 0.1) is 12.3 Å². The number of ether oxygens (including phenoxy) is 1. The summed E-state index contributed by atoms with van der Waals surface area (Å²) in [6, 6.07) is 0.487. The van der Waals surface area contributed by atoms with Crippen LogP contribution in [0.1, 0.15) is 57.4 Å². The van der Waals surface area contributed by atoms with Crippen LogP contribution in [0.15, 0.2) is 0 Å². The van der Waals surface area contributed by atoms with E-state index in [1.165, 1.54) is 23.6 Å². The summed E-state index contributed by atoms with van der Waals surface area (Å²) < 4.78 is 8.14. The van der Waals surface area contributed by atoms with E-state index in [0.717, 1.165) is 32.7 Å². The molecule has 0 aromatic carbocycles. The third-order valence-electron chi connectivity index (χ3n) is 4.65. The van der Waals surface area contributed by atoms with Crippen LogP contribution in [-0.4, -0.2) is 29.3 Å². The lowest BCUT2D eigenvalue weighted by molar-refractivity contribution is 0.173. The van der Waals surface area contributed by atoms with Crippen molar-refractivity contribution < 1.29 is 4.74 Å². The number of aromatic nitrogens is 2. The fraction of sp³-hybridized carbons (Fsp3) is 0.812. The summed E-state index contributed by atoms with van der Waals surface area (Å²) in [5.74, 6) is 1.87. The zero-order chi connectivity index (χ0) is 14.3. The fourth-order valence-corrected chi connectivity index (χ4v) is 3.44. The lowest BCUT2D eigenvalue weighted by atomic mass is 9.93. The molecule has 112 valence electrons. The Morgan fingerprint density at radius 2 is 2.20 bits per heavy atom. The van der Waals surface area contributed by atoms with Gasteiger partial charge in [-0.3, -0.25) is 0 Å². The summed E-state index contributed by atoms with van der Waals surface area (Å²) in [4.78, 5) is 4.97. The van der Waals surface area contributed by atoms with E-state index in [4.69, 9.17) is 9.72 Å². The van der Waals surface area contributed by atoms with Gasteiger partial charge >= 0.3 is 0 Å². The van der Waals surface area contributed by atoms with Gasteiger partial charge in [-0.15, -0.1) is 0 Å². The Bertz CT molecular complexity index is 481. The maximum absolute atomic E-state index is 5.60. The topological polar surface area (TPSA) is 39.1 Å². The predicted octanol–water partition coefficient (Wildman–Crippen LogP) is 2.42. The van der Waals surface area contributed by atoms with Crippen molar-refractivity contribution in [2.45, 2.75) is 58.5 Å². The SMILES string of the molecule is CC(C1CCOC1)n1c(C(C)(C)C)nc2c1CCNC2. The Labute approximate surface area is 121 Å². The Balaban J connectivity index is 2.04. The van der Waals surface area contributed by atoms with E-state index in [0.29, 0.717) is 12.0 Å². The monoisotopic (exact) mass is 277 g/mol. The van der Waals surface area contributed by atoms with Crippen molar-refractivity contribution in [2.24, 2.45) is 5.92 Å². The average Bonchev–Trinajstić information content (AvgIpc) is 3.04. The number of fused-ring (bicyclic) bond motifs is 1. The molecular weight excluding hydrogens is 250 g/mol. The molecule has 0 amide bonds. The lowest BCUT2D eigenvalue weighted by Gasteiger charge is -2.29. The first-order valence-electron chi connectivity index (χ1n) is 7.87. The normalized spacial score (nSPS) is 24.7. The summed E-state index contributed by atoms with van der Waals surface area (Å²) in [6.45, 7) is 12.9. The molecule has 0 radical (unpaired) electrons. The Morgan fingerprint density at radius 1 is 1.40 bits per heavy atom. The summed E-state index contributed by atoms with van der Waals surface area (Å²) in [5.41, 5.74) is 2.80. The van der Waals surface area contributed by atoms with E-state index in [-0.39, 0.29) is 5.41 Å². The van der Waals surface area contributed by atoms with Crippen LogP contribution in [0, 0.1) is 5.92 Å². The molecule has 1 N–H and O–H groups in total. The van der Waals surface area contributed by atoms with Gasteiger partial charge in [-0.05, 0) is 13.3 Å². The molecule has 4 heteroatoms. The number of nitrogens with zero attached hydrogens (tertiary/aromatic N) is 2. The Morgan fingerprint density at radius 3 is 2.85 bits per heavy atom. The van der Waals surface area contributed by atoms with E-state index in [2.05, 4.69) is 37.6 Å². The van der Waals surface area contributed by atoms with Crippen molar-refractivity contribution >= 4 is 0 Å². The molecule has 4 nitrogen and oxygen atoms in total. The highest BCUT2D eigenvalue weighted by atomic mass is 16.5. The van der Waals surface area contributed by atoms with Gasteiger partial charge in [0.2, 0.25) is 0 Å². The zero-order valence-electron chi connectivity index (χ0n) is 13.2. The smallest absolute Gasteiger partial charge is 0.114 e. The van der Waals surface area contributed by atoms with Gasteiger partial charge in [-0.2, -0.15) is 0 Å². The van der Waals surface area contributed by atoms with Crippen LogP contribution < -0.4 is 5.32 Å². The zero-order valence-corrected chi connectivity index (χ0v) is 13.2. The van der Waals surface area contributed by atoms with E-state index in [9.17, 15) is 0 Å². The lowest BCUT2D eigenvalue weighted by Crippen LogP contribution is -2.29. The number of rotatable bonds is 2. The van der Waals surface area contributed by atoms with E-state index < -0.39 is 0 Å². The first kappa shape index (κ1) is 14.1. The molecule has 0 spiro atoms. The Hall–Kier alpha value is -0.870. The van der Waals surface area contributed by atoms with Crippen LogP contribution in [0.3, 0.4) is 0 Å². The molecule has 3 heterocycles. The van der Waals surface area contributed by atoms with Crippen LogP contribution >= 0.6 is 0 Å². The minimum Gasteiger partial charge on any atom is -0.381 e. The third kappa shape index (κ3) is 2.40. The van der Waals surface area contributed by atoms with Crippen molar-refractivity contribution in [3.63, 3.8) is 0 Å². The maximum atomic E-state index is 5.60. The molecule has 1 fully saturated rings. The molecule has 1 saturated heterocycles. The number of nitrogens with one attached hydrogen (secondary N) is 1. The minimum atomic E-state index is 0.0884. The molecule has 0 bridgehead atoms. The average molecular weight is 277 g/mol. The van der Waals surface area contributed by atoms with Crippen LogP contribution in [0.4, 0.5) is 0 Å². The summed E-state index contributed by atoms with van der Waals surface area (Å²) in [7, 11) is 0. The van der Waals surface area contributed by atoms with Gasteiger partial charge in [-0.25, -0.2) is 4.98 Å². The summed E-state index contributed by atoms with van der Waals surface area (Å²) in [6.07, 6.45) is 2.27. The molecule has 1 aromatic heterocycles. The van der Waals surface area contributed by atoms with Crippen molar-refractivity contribution in [1.29, 1.82) is 0 Å². The highest BCUT2D eigenvalue weighted by Gasteiger charge is 2.33. The van der Waals surface area contributed by atoms with Gasteiger partial charge < -0.3 is 14.6 Å². The van der Waals surface area contributed by atoms with Gasteiger partial charge in [0, 0.05) is 49.2 Å². The van der Waals surface area contributed by atoms with E-state index >= 15 is 0 Å². The largest absolute Gasteiger partial charge is 0.381 e. The molecule has 20 heavy (non-hydrogen) atoms. The molecule has 2 unspecified atom stereocenters. The second-order valence-corrected chi connectivity index (χ2v) is 7.24. The molecule has 2 aliphatic heterocycles. The minimum absolute atomic E-state index is 0.0884. The van der Waals surface area contributed by atoms with Gasteiger partial charge in [0.1, 0.15) is 5.82 Å². The van der Waals surface area contributed by atoms with Crippen molar-refractivity contribution in [3.8, 4) is 0 Å². The van der Waals surface area contributed by atoms with E-state index in [1.54, 1.807) is 0 Å². The summed E-state index contributed by atoms with van der Waals surface area (Å²) >= 11 is 0. The molecule has 2 aliphatic rings. The highest BCUT2D eigenvalue weighted by molar-refractivity contribution is 5.24. The second-order valence-electron chi connectivity index (χ2n) is 7.24. The van der Waals surface area contributed by atoms with Crippen molar-refractivity contribution in [2.75, 3.05) is 19.8 Å². The molecule has 3 rings (SSSR count). The van der Waals surface area contributed by atoms with Crippen LogP contribution in [0.2, 0.25) is 0 Å². The number of hydrogen-bond acceptors (Lipinski definition) is 3. The quantitative estimate of drug-likeness (QED) is 0.902. The van der Waals surface area contributed by atoms with Gasteiger partial charge in [-0.1, -0.05) is 20.8 Å². The highest BCUT2D eigenvalue weighted by Crippen LogP contribution is 2.34. The predicted molar refractivity (Wildman–Crippen MR) is 80.0 cm³/mol. The molecule has 1 aromatic rings. The number of imidazole rings is 1. The summed E-state index contributed by atoms with van der Waals surface area (Å²) in [5, 5.41) is 3.44. The van der Waals surface area contributed by atoms with Crippen molar-refractivity contribution in [1.82, 2.24) is 14.9 Å².